The molecule has 0 amide bonds. The molecule has 0 saturated carbocycles. The van der Waals surface area contributed by atoms with Gasteiger partial charge in [0.15, 0.2) is 0 Å². The molecule has 0 aliphatic rings. The second-order valence-electron chi connectivity index (χ2n) is 5.59. The minimum absolute atomic E-state index is 0.0451. The van der Waals surface area contributed by atoms with Crippen molar-refractivity contribution < 1.29 is 10.0 Å². The molecule has 6 nitrogen and oxygen atoms in total. The monoisotopic (exact) mass is 281 g/mol. The largest absolute Gasteiger partial charge is 0.389 e. The number of non-ortho nitro benzene ring substituents is 1. The third-order valence-electron chi connectivity index (χ3n) is 2.76. The van der Waals surface area contributed by atoms with Crippen molar-refractivity contribution in [1.29, 1.82) is 0 Å². The number of nitrogens with one attached hydrogen (secondary N) is 1. The van der Waals surface area contributed by atoms with E-state index in [0.29, 0.717) is 12.2 Å². The number of aliphatic hydroxyl groups is 1. The van der Waals surface area contributed by atoms with Crippen LogP contribution in [0, 0.1) is 10.1 Å². The quantitative estimate of drug-likeness (QED) is 0.593. The molecule has 20 heavy (non-hydrogen) atoms. The Kier molecular flexibility index (Phi) is 5.33. The Morgan fingerprint density at radius 2 is 2.05 bits per heavy atom. The Bertz CT molecular complexity index is 469. The Balaban J connectivity index is 3.04. The Morgan fingerprint density at radius 3 is 2.55 bits per heavy atom. The minimum Gasteiger partial charge on any atom is -0.389 e. The molecular formula is C14H23N3O3. The smallest absolute Gasteiger partial charge is 0.273 e. The van der Waals surface area contributed by atoms with Gasteiger partial charge in [-0.15, -0.1) is 0 Å². The van der Waals surface area contributed by atoms with E-state index >= 15 is 0 Å². The second-order valence-corrected chi connectivity index (χ2v) is 5.59. The van der Waals surface area contributed by atoms with Gasteiger partial charge < -0.3 is 15.3 Å². The number of rotatable bonds is 7. The molecule has 112 valence electrons. The standard InChI is InChI=1S/C14H23N3O3/c1-5-6-15-11-7-12(9-13(8-11)17(19)20)16(4)10-14(2,3)18/h7-9,15,18H,5-6,10H2,1-4H3. The summed E-state index contributed by atoms with van der Waals surface area (Å²) in [5, 5.41) is 24.0. The summed E-state index contributed by atoms with van der Waals surface area (Å²) >= 11 is 0. The summed E-state index contributed by atoms with van der Waals surface area (Å²) in [5.74, 6) is 0. The van der Waals surface area contributed by atoms with Crippen molar-refractivity contribution >= 4 is 17.1 Å². The van der Waals surface area contributed by atoms with E-state index in [-0.39, 0.29) is 5.69 Å². The van der Waals surface area contributed by atoms with Gasteiger partial charge >= 0.3 is 0 Å². The first kappa shape index (κ1) is 16.2. The van der Waals surface area contributed by atoms with Crippen molar-refractivity contribution in [3.8, 4) is 0 Å². The molecule has 0 bridgehead atoms. The predicted octanol–water partition coefficient (Wildman–Crippen LogP) is 2.62. The van der Waals surface area contributed by atoms with Crippen LogP contribution in [0.3, 0.4) is 0 Å². The fourth-order valence-electron chi connectivity index (χ4n) is 1.96. The summed E-state index contributed by atoms with van der Waals surface area (Å²) in [5.41, 5.74) is 0.610. The number of nitro benzene ring substituents is 1. The van der Waals surface area contributed by atoms with E-state index in [2.05, 4.69) is 5.32 Å². The number of likely N-dealkylation sites (N-methyl/N-ethyl adjacent to an activating group) is 1. The predicted molar refractivity (Wildman–Crippen MR) is 81.4 cm³/mol. The van der Waals surface area contributed by atoms with Gasteiger partial charge in [0.25, 0.3) is 5.69 Å². The molecule has 0 saturated heterocycles. The molecule has 0 aliphatic heterocycles. The van der Waals surface area contributed by atoms with Gasteiger partial charge in [-0.2, -0.15) is 0 Å². The third kappa shape index (κ3) is 5.05. The van der Waals surface area contributed by atoms with Crippen LogP contribution in [0.1, 0.15) is 27.2 Å². The lowest BCUT2D eigenvalue weighted by molar-refractivity contribution is -0.384. The van der Waals surface area contributed by atoms with E-state index in [1.807, 2.05) is 17.9 Å². The summed E-state index contributed by atoms with van der Waals surface area (Å²) in [6.45, 7) is 6.59. The maximum absolute atomic E-state index is 11.0. The fraction of sp³-hybridized carbons (Fsp3) is 0.571. The number of hydrogen-bond donors (Lipinski definition) is 2. The number of hydrogen-bond acceptors (Lipinski definition) is 5. The van der Waals surface area contributed by atoms with Gasteiger partial charge in [-0.25, -0.2) is 0 Å². The van der Waals surface area contributed by atoms with E-state index in [1.54, 1.807) is 20.9 Å². The van der Waals surface area contributed by atoms with Crippen LogP contribution in [0.5, 0.6) is 0 Å². The van der Waals surface area contributed by atoms with Crippen molar-refractivity contribution in [1.82, 2.24) is 0 Å². The Labute approximate surface area is 119 Å². The van der Waals surface area contributed by atoms with Crippen LogP contribution in [-0.2, 0) is 0 Å². The SMILES string of the molecule is CCCNc1cc(N(C)CC(C)(C)O)cc([N+](=O)[O-])c1. The lowest BCUT2D eigenvalue weighted by Gasteiger charge is -2.27. The second kappa shape index (κ2) is 6.56. The zero-order valence-corrected chi connectivity index (χ0v) is 12.5. The number of nitrogens with zero attached hydrogens (tertiary/aromatic N) is 2. The zero-order valence-electron chi connectivity index (χ0n) is 12.5. The normalized spacial score (nSPS) is 11.2. The summed E-state index contributed by atoms with van der Waals surface area (Å²) < 4.78 is 0. The average molecular weight is 281 g/mol. The van der Waals surface area contributed by atoms with Crippen LogP contribution in [0.2, 0.25) is 0 Å². The fourth-order valence-corrected chi connectivity index (χ4v) is 1.96. The van der Waals surface area contributed by atoms with Crippen molar-refractivity contribution in [3.63, 3.8) is 0 Å². The van der Waals surface area contributed by atoms with E-state index in [4.69, 9.17) is 0 Å². The highest BCUT2D eigenvalue weighted by atomic mass is 16.6. The first-order chi connectivity index (χ1) is 9.23. The summed E-state index contributed by atoms with van der Waals surface area (Å²) in [4.78, 5) is 12.4. The topological polar surface area (TPSA) is 78.6 Å². The lowest BCUT2D eigenvalue weighted by atomic mass is 10.1. The summed E-state index contributed by atoms with van der Waals surface area (Å²) in [6.07, 6.45) is 0.942. The van der Waals surface area contributed by atoms with Crippen LogP contribution in [-0.4, -0.2) is 35.8 Å². The van der Waals surface area contributed by atoms with Crippen LogP contribution in [0.25, 0.3) is 0 Å². The van der Waals surface area contributed by atoms with E-state index in [1.165, 1.54) is 12.1 Å². The van der Waals surface area contributed by atoms with Crippen molar-refractivity contribution in [2.24, 2.45) is 0 Å². The molecule has 0 atom stereocenters. The van der Waals surface area contributed by atoms with Crippen molar-refractivity contribution in [3.05, 3.63) is 28.3 Å². The van der Waals surface area contributed by atoms with Crippen LogP contribution < -0.4 is 10.2 Å². The number of nitro groups is 1. The molecule has 0 aromatic heterocycles. The minimum atomic E-state index is -0.865. The first-order valence-electron chi connectivity index (χ1n) is 6.70. The van der Waals surface area contributed by atoms with Crippen LogP contribution >= 0.6 is 0 Å². The van der Waals surface area contributed by atoms with Gasteiger partial charge in [0, 0.05) is 43.6 Å². The molecule has 0 unspecified atom stereocenters. The van der Waals surface area contributed by atoms with Crippen LogP contribution in [0.15, 0.2) is 18.2 Å². The zero-order chi connectivity index (χ0) is 15.3. The van der Waals surface area contributed by atoms with Gasteiger partial charge in [-0.1, -0.05) is 6.92 Å². The van der Waals surface area contributed by atoms with Crippen molar-refractivity contribution in [2.75, 3.05) is 30.4 Å². The molecule has 0 spiro atoms. The highest BCUT2D eigenvalue weighted by Crippen LogP contribution is 2.27. The molecule has 2 N–H and O–H groups in total. The van der Waals surface area contributed by atoms with Gasteiger partial charge in [-0.3, -0.25) is 10.1 Å². The molecule has 1 aromatic rings. The van der Waals surface area contributed by atoms with Gasteiger partial charge in [0.05, 0.1) is 10.5 Å². The maximum Gasteiger partial charge on any atom is 0.273 e. The molecule has 0 fully saturated rings. The van der Waals surface area contributed by atoms with Gasteiger partial charge in [-0.05, 0) is 26.3 Å². The molecule has 1 aromatic carbocycles. The molecular weight excluding hydrogens is 258 g/mol. The lowest BCUT2D eigenvalue weighted by Crippen LogP contribution is -2.36. The van der Waals surface area contributed by atoms with Gasteiger partial charge in [0.1, 0.15) is 0 Å². The van der Waals surface area contributed by atoms with Crippen molar-refractivity contribution in [2.45, 2.75) is 32.8 Å². The maximum atomic E-state index is 11.0. The molecule has 0 heterocycles. The van der Waals surface area contributed by atoms with Crippen LogP contribution in [0.4, 0.5) is 17.1 Å². The van der Waals surface area contributed by atoms with E-state index < -0.39 is 10.5 Å². The Morgan fingerprint density at radius 1 is 1.40 bits per heavy atom. The summed E-state index contributed by atoms with van der Waals surface area (Å²) in [6, 6.07) is 4.90. The van der Waals surface area contributed by atoms with E-state index in [0.717, 1.165) is 18.7 Å². The molecule has 0 radical (unpaired) electrons. The highest BCUT2D eigenvalue weighted by Gasteiger charge is 2.18. The molecule has 1 rings (SSSR count). The number of anilines is 2. The summed E-state index contributed by atoms with van der Waals surface area (Å²) in [7, 11) is 1.81. The first-order valence-corrected chi connectivity index (χ1v) is 6.70. The average Bonchev–Trinajstić information content (AvgIpc) is 2.33. The van der Waals surface area contributed by atoms with E-state index in [9.17, 15) is 15.2 Å². The molecule has 0 aliphatic carbocycles. The molecule has 6 heteroatoms. The van der Waals surface area contributed by atoms with Gasteiger partial charge in [0.2, 0.25) is 0 Å². The number of benzene rings is 1. The third-order valence-corrected chi connectivity index (χ3v) is 2.76. The highest BCUT2D eigenvalue weighted by molar-refractivity contribution is 5.64. The Hall–Kier alpha value is -1.82.